The number of nitrogens with one attached hydrogen (secondary N) is 1. The van der Waals surface area contributed by atoms with Gasteiger partial charge in [-0.2, -0.15) is 10.4 Å². The first-order valence-electron chi connectivity index (χ1n) is 13.7. The molecule has 1 N–H and O–H groups in total. The summed E-state index contributed by atoms with van der Waals surface area (Å²) < 4.78 is 7.10. The fourth-order valence-electron chi connectivity index (χ4n) is 4.42. The van der Waals surface area contributed by atoms with Crippen LogP contribution in [-0.2, 0) is 16.1 Å². The maximum absolute atomic E-state index is 12.5. The Hall–Kier alpha value is -5.17. The van der Waals surface area contributed by atoms with E-state index in [0.29, 0.717) is 42.3 Å². The van der Waals surface area contributed by atoms with Crippen molar-refractivity contribution in [2.75, 3.05) is 6.61 Å². The van der Waals surface area contributed by atoms with Crippen LogP contribution in [0.4, 0.5) is 0 Å². The number of Topliss-reactive ketones (excluding diaryl/α,β-unsaturated/α-hetero) is 1. The van der Waals surface area contributed by atoms with Crippen LogP contribution in [0.15, 0.2) is 77.9 Å². The van der Waals surface area contributed by atoms with Crippen LogP contribution in [0.25, 0.3) is 22.6 Å². The molecule has 0 fully saturated rings. The first-order valence-corrected chi connectivity index (χ1v) is 13.7. The number of rotatable bonds is 12. The quantitative estimate of drug-likeness (QED) is 0.253. The molecule has 1 amide bonds. The van der Waals surface area contributed by atoms with Gasteiger partial charge in [-0.1, -0.05) is 44.2 Å². The van der Waals surface area contributed by atoms with E-state index < -0.39 is 6.04 Å². The summed E-state index contributed by atoms with van der Waals surface area (Å²) in [4.78, 5) is 45.2. The van der Waals surface area contributed by atoms with E-state index in [0.717, 1.165) is 16.7 Å². The van der Waals surface area contributed by atoms with Crippen LogP contribution in [0.1, 0.15) is 44.7 Å². The van der Waals surface area contributed by atoms with Gasteiger partial charge in [-0.05, 0) is 42.2 Å². The summed E-state index contributed by atoms with van der Waals surface area (Å²) in [5, 5.41) is 16.4. The lowest BCUT2D eigenvalue weighted by Gasteiger charge is -2.20. The summed E-state index contributed by atoms with van der Waals surface area (Å²) in [6, 6.07) is 19.4. The van der Waals surface area contributed by atoms with Crippen molar-refractivity contribution in [1.29, 1.82) is 5.26 Å². The maximum Gasteiger partial charge on any atom is 0.267 e. The Bertz CT molecular complexity index is 1660. The molecule has 0 saturated carbocycles. The minimum atomic E-state index is -0.499. The Labute approximate surface area is 244 Å². The van der Waals surface area contributed by atoms with Gasteiger partial charge in [-0.15, -0.1) is 0 Å². The molecule has 0 saturated heterocycles. The predicted octanol–water partition coefficient (Wildman–Crippen LogP) is 4.18. The normalized spacial score (nSPS) is 11.5. The number of nitrogens with zero attached hydrogens (tertiary/aromatic N) is 5. The Morgan fingerprint density at radius 3 is 2.48 bits per heavy atom. The molecule has 2 aromatic carbocycles. The van der Waals surface area contributed by atoms with Crippen molar-refractivity contribution >= 4 is 11.7 Å². The number of nitriles is 1. The summed E-state index contributed by atoms with van der Waals surface area (Å²) in [5.41, 5.74) is 3.24. The van der Waals surface area contributed by atoms with Gasteiger partial charge in [0.2, 0.25) is 5.91 Å². The van der Waals surface area contributed by atoms with Crippen molar-refractivity contribution in [2.45, 2.75) is 46.2 Å². The highest BCUT2D eigenvalue weighted by molar-refractivity contribution is 5.88. The van der Waals surface area contributed by atoms with E-state index in [1.807, 2.05) is 44.2 Å². The molecule has 42 heavy (non-hydrogen) atoms. The average Bonchev–Trinajstić information content (AvgIpc) is 2.99. The van der Waals surface area contributed by atoms with Gasteiger partial charge in [-0.3, -0.25) is 14.4 Å². The second-order valence-corrected chi connectivity index (χ2v) is 10.2. The first-order chi connectivity index (χ1) is 20.2. The van der Waals surface area contributed by atoms with Crippen molar-refractivity contribution in [3.05, 3.63) is 94.5 Å². The minimum Gasteiger partial charge on any atom is -0.490 e. The molecule has 2 aromatic heterocycles. The Morgan fingerprint density at radius 1 is 1.02 bits per heavy atom. The Morgan fingerprint density at radius 2 is 1.76 bits per heavy atom. The second kappa shape index (κ2) is 13.9. The molecule has 1 atom stereocenters. The zero-order valence-corrected chi connectivity index (χ0v) is 23.8. The van der Waals surface area contributed by atoms with Crippen LogP contribution in [0, 0.1) is 17.2 Å². The number of ketones is 1. The van der Waals surface area contributed by atoms with Crippen molar-refractivity contribution in [3.63, 3.8) is 0 Å². The van der Waals surface area contributed by atoms with Crippen LogP contribution in [0.2, 0.25) is 0 Å². The number of hydrogen-bond acceptors (Lipinski definition) is 8. The molecule has 0 unspecified atom stereocenters. The molecule has 0 bridgehead atoms. The molecular weight excluding hydrogens is 532 g/mol. The lowest BCUT2D eigenvalue weighted by atomic mass is 9.97. The van der Waals surface area contributed by atoms with Crippen molar-refractivity contribution in [3.8, 4) is 34.5 Å². The topological polar surface area (TPSA) is 140 Å². The predicted molar refractivity (Wildman–Crippen MR) is 157 cm³/mol. The van der Waals surface area contributed by atoms with Gasteiger partial charge >= 0.3 is 0 Å². The van der Waals surface area contributed by atoms with E-state index in [1.54, 1.807) is 36.7 Å². The summed E-state index contributed by atoms with van der Waals surface area (Å²) in [6.45, 7) is 5.77. The lowest BCUT2D eigenvalue weighted by Crippen LogP contribution is -2.43. The molecule has 0 aliphatic heterocycles. The van der Waals surface area contributed by atoms with E-state index in [-0.39, 0.29) is 29.7 Å². The average molecular weight is 565 g/mol. The summed E-state index contributed by atoms with van der Waals surface area (Å²) in [7, 11) is 0. The van der Waals surface area contributed by atoms with Gasteiger partial charge in [0.1, 0.15) is 0 Å². The Balaban J connectivity index is 1.37. The molecule has 0 spiro atoms. The van der Waals surface area contributed by atoms with E-state index in [4.69, 9.17) is 4.74 Å². The van der Waals surface area contributed by atoms with Gasteiger partial charge in [-0.25, -0.2) is 14.6 Å². The largest absolute Gasteiger partial charge is 0.490 e. The summed E-state index contributed by atoms with van der Waals surface area (Å²) in [6.07, 6.45) is 3.96. The van der Waals surface area contributed by atoms with E-state index in [1.165, 1.54) is 17.7 Å². The highest BCUT2D eigenvalue weighted by Crippen LogP contribution is 2.20. The third-order valence-electron chi connectivity index (χ3n) is 6.51. The number of benzene rings is 2. The Kier molecular flexibility index (Phi) is 9.90. The van der Waals surface area contributed by atoms with Crippen molar-refractivity contribution < 1.29 is 14.3 Å². The molecule has 0 radical (unpaired) electrons. The zero-order valence-electron chi connectivity index (χ0n) is 23.8. The standard InChI is InChI=1S/C32H32N6O4/c1-21(2)31(36-22(3)39)29(40)11-6-14-42-27-18-34-32(35-19-27)26-10-5-8-24(16-26)20-38-30(41)13-12-28(37-38)25-9-4-7-23(15-25)17-33/h4-5,7-10,12-13,15-16,18-19,21,31H,6,11,14,20H2,1-3H3,(H,36,39)/t31-/m0/s1. The van der Waals surface area contributed by atoms with Crippen LogP contribution >= 0.6 is 0 Å². The van der Waals surface area contributed by atoms with E-state index in [9.17, 15) is 19.6 Å². The molecule has 10 heteroatoms. The highest BCUT2D eigenvalue weighted by Gasteiger charge is 2.22. The fraction of sp³-hybridized carbons (Fsp3) is 0.281. The number of hydrogen-bond donors (Lipinski definition) is 1. The van der Waals surface area contributed by atoms with Gasteiger partial charge < -0.3 is 10.1 Å². The molecule has 4 rings (SSSR count). The molecule has 214 valence electrons. The maximum atomic E-state index is 12.5. The smallest absolute Gasteiger partial charge is 0.267 e. The first kappa shape index (κ1) is 29.8. The molecular formula is C32H32N6O4. The number of aromatic nitrogens is 4. The summed E-state index contributed by atoms with van der Waals surface area (Å²) in [5.74, 6) is 0.749. The number of carbonyl (C=O) groups excluding carboxylic acids is 2. The van der Waals surface area contributed by atoms with Gasteiger partial charge in [0.25, 0.3) is 5.56 Å². The van der Waals surface area contributed by atoms with Crippen molar-refractivity contribution in [1.82, 2.24) is 25.1 Å². The van der Waals surface area contributed by atoms with Crippen LogP contribution in [0.3, 0.4) is 0 Å². The van der Waals surface area contributed by atoms with E-state index in [2.05, 4.69) is 26.5 Å². The second-order valence-electron chi connectivity index (χ2n) is 10.2. The third-order valence-corrected chi connectivity index (χ3v) is 6.51. The fourth-order valence-corrected chi connectivity index (χ4v) is 4.42. The highest BCUT2D eigenvalue weighted by atomic mass is 16.5. The lowest BCUT2D eigenvalue weighted by molar-refractivity contribution is -0.127. The number of carbonyl (C=O) groups is 2. The van der Waals surface area contributed by atoms with E-state index >= 15 is 0 Å². The third kappa shape index (κ3) is 7.95. The summed E-state index contributed by atoms with van der Waals surface area (Å²) >= 11 is 0. The van der Waals surface area contributed by atoms with Crippen LogP contribution in [-0.4, -0.2) is 44.1 Å². The molecule has 2 heterocycles. The van der Waals surface area contributed by atoms with Gasteiger partial charge in [0, 0.05) is 30.5 Å². The zero-order chi connectivity index (χ0) is 30.1. The molecule has 0 aliphatic carbocycles. The van der Waals surface area contributed by atoms with Crippen LogP contribution in [0.5, 0.6) is 5.75 Å². The SMILES string of the molecule is CC(=O)N[C@H](C(=O)CCCOc1cnc(-c2cccc(Cn3nc(-c4cccc(C#N)c4)ccc3=O)c2)nc1)C(C)C. The minimum absolute atomic E-state index is 0.0112. The number of amides is 1. The van der Waals surface area contributed by atoms with Gasteiger partial charge in [0.05, 0.1) is 48.9 Å². The molecule has 0 aliphatic rings. The molecule has 10 nitrogen and oxygen atoms in total. The van der Waals surface area contributed by atoms with Crippen molar-refractivity contribution in [2.24, 2.45) is 5.92 Å². The molecule has 4 aromatic rings. The monoisotopic (exact) mass is 564 g/mol. The number of ether oxygens (including phenoxy) is 1. The van der Waals surface area contributed by atoms with Crippen LogP contribution < -0.4 is 15.6 Å². The van der Waals surface area contributed by atoms with Gasteiger partial charge in [0.15, 0.2) is 17.4 Å².